The molecule has 0 amide bonds. The van der Waals surface area contributed by atoms with Crippen molar-refractivity contribution in [1.82, 2.24) is 0 Å². The summed E-state index contributed by atoms with van der Waals surface area (Å²) >= 11 is 0. The topological polar surface area (TPSA) is 127 Å². The largest absolute Gasteiger partial charge is 0.461 e. The summed E-state index contributed by atoms with van der Waals surface area (Å²) in [6.07, 6.45) is 2.53. The second-order valence-electron chi connectivity index (χ2n) is 11.6. The van der Waals surface area contributed by atoms with E-state index in [0.29, 0.717) is 18.4 Å². The van der Waals surface area contributed by atoms with Crippen molar-refractivity contribution in [1.29, 1.82) is 0 Å². The zero-order valence-corrected chi connectivity index (χ0v) is 20.4. The van der Waals surface area contributed by atoms with Gasteiger partial charge < -0.3 is 30.3 Å². The molecule has 1 unspecified atom stereocenters. The van der Waals surface area contributed by atoms with E-state index in [9.17, 15) is 30.3 Å². The molecule has 0 saturated heterocycles. The van der Waals surface area contributed by atoms with Gasteiger partial charge in [0.15, 0.2) is 0 Å². The number of fused-ring (bicyclic) bond motifs is 3. The Labute approximate surface area is 196 Å². The lowest BCUT2D eigenvalue weighted by Gasteiger charge is -2.51. The zero-order valence-electron chi connectivity index (χ0n) is 20.4. The number of ether oxygens (including phenoxy) is 1. The second kappa shape index (κ2) is 7.89. The fourth-order valence-electron chi connectivity index (χ4n) is 7.58. The summed E-state index contributed by atoms with van der Waals surface area (Å²) in [4.78, 5) is 12.3. The van der Waals surface area contributed by atoms with Gasteiger partial charge >= 0.3 is 5.97 Å². The van der Waals surface area contributed by atoms with Crippen molar-refractivity contribution in [3.8, 4) is 0 Å². The summed E-state index contributed by atoms with van der Waals surface area (Å²) in [6, 6.07) is 0. The summed E-state index contributed by atoms with van der Waals surface area (Å²) in [6.45, 7) is 9.27. The molecule has 0 aromatic carbocycles. The van der Waals surface area contributed by atoms with Gasteiger partial charge in [0.05, 0.1) is 17.1 Å². The van der Waals surface area contributed by atoms with Crippen LogP contribution in [0.3, 0.4) is 0 Å². The van der Waals surface area contributed by atoms with Gasteiger partial charge in [-0.05, 0) is 36.8 Å². The van der Waals surface area contributed by atoms with Crippen LogP contribution in [0.1, 0.15) is 66.7 Å². The normalized spacial score (nSPS) is 47.5. The van der Waals surface area contributed by atoms with Crippen molar-refractivity contribution in [2.75, 3.05) is 6.61 Å². The molecule has 4 rings (SSSR count). The van der Waals surface area contributed by atoms with Crippen LogP contribution in [0.4, 0.5) is 0 Å². The van der Waals surface area contributed by atoms with Crippen molar-refractivity contribution in [3.05, 3.63) is 23.3 Å². The Hall–Kier alpha value is -1.25. The third-order valence-electron chi connectivity index (χ3n) is 9.56. The maximum Gasteiger partial charge on any atom is 0.306 e. The number of rotatable bonds is 6. The fourth-order valence-corrected chi connectivity index (χ4v) is 7.58. The van der Waals surface area contributed by atoms with Gasteiger partial charge in [0.25, 0.3) is 0 Å². The van der Waals surface area contributed by atoms with E-state index in [0.717, 1.165) is 12.8 Å². The number of hydrogen-bond donors (Lipinski definition) is 5. The van der Waals surface area contributed by atoms with E-state index in [-0.39, 0.29) is 30.5 Å². The van der Waals surface area contributed by atoms with E-state index in [1.165, 1.54) is 0 Å². The lowest BCUT2D eigenvalue weighted by Crippen LogP contribution is -2.66. The molecule has 7 heteroatoms. The van der Waals surface area contributed by atoms with Crippen molar-refractivity contribution in [3.63, 3.8) is 0 Å². The molecule has 0 radical (unpaired) electrons. The van der Waals surface area contributed by atoms with Crippen LogP contribution in [-0.4, -0.2) is 67.6 Å². The Kier molecular flexibility index (Phi) is 5.94. The van der Waals surface area contributed by atoms with Crippen molar-refractivity contribution >= 4 is 5.97 Å². The van der Waals surface area contributed by atoms with Crippen molar-refractivity contribution < 1.29 is 35.1 Å². The number of aliphatic hydroxyl groups is 5. The number of esters is 1. The summed E-state index contributed by atoms with van der Waals surface area (Å²) in [5.74, 6) is -1.69. The lowest BCUT2D eigenvalue weighted by molar-refractivity contribution is -0.216. The summed E-state index contributed by atoms with van der Waals surface area (Å²) in [5.41, 5.74) is -4.24. The highest BCUT2D eigenvalue weighted by molar-refractivity contribution is 5.69. The van der Waals surface area contributed by atoms with E-state index >= 15 is 0 Å². The SMILES string of the molecule is CCCCCC(=O)OCC1=C[C@@H]2C(O)[C@]3(C=C(C)[C@H](O)[C@@]3(O)[C@@H]1O)[C@H](C)C[C@]1(O)[C@H]2C1(C)C. The summed E-state index contributed by atoms with van der Waals surface area (Å²) in [5, 5.41) is 57.9. The van der Waals surface area contributed by atoms with Gasteiger partial charge in [-0.15, -0.1) is 0 Å². The van der Waals surface area contributed by atoms with Crippen molar-refractivity contribution in [2.24, 2.45) is 28.6 Å². The lowest BCUT2D eigenvalue weighted by atomic mass is 9.58. The Balaban J connectivity index is 1.76. The Morgan fingerprint density at radius 2 is 1.82 bits per heavy atom. The van der Waals surface area contributed by atoms with Gasteiger partial charge in [-0.25, -0.2) is 0 Å². The Bertz CT molecular complexity index is 878. The number of unbranched alkanes of at least 4 members (excludes halogenated alkanes) is 2. The molecule has 33 heavy (non-hydrogen) atoms. The first-order valence-corrected chi connectivity index (χ1v) is 12.3. The molecule has 9 atom stereocenters. The Morgan fingerprint density at radius 3 is 2.45 bits per heavy atom. The molecule has 2 fully saturated rings. The van der Waals surface area contributed by atoms with Crippen LogP contribution in [0.15, 0.2) is 23.3 Å². The first kappa shape index (κ1) is 24.9. The molecule has 4 aliphatic rings. The van der Waals surface area contributed by atoms with Crippen LogP contribution >= 0.6 is 0 Å². The molecule has 7 nitrogen and oxygen atoms in total. The molecular formula is C26H40O7. The molecule has 4 aliphatic carbocycles. The quantitative estimate of drug-likeness (QED) is 0.231. The first-order chi connectivity index (χ1) is 15.3. The smallest absolute Gasteiger partial charge is 0.306 e. The maximum absolute atomic E-state index is 12.3. The minimum atomic E-state index is -2.11. The number of carbonyl (C=O) groups excluding carboxylic acids is 1. The first-order valence-electron chi connectivity index (χ1n) is 12.3. The zero-order chi connectivity index (χ0) is 24.6. The highest BCUT2D eigenvalue weighted by Crippen LogP contribution is 2.74. The van der Waals surface area contributed by atoms with Gasteiger partial charge in [0, 0.05) is 23.7 Å². The van der Waals surface area contributed by atoms with E-state index in [1.54, 1.807) is 19.1 Å². The van der Waals surface area contributed by atoms with Crippen LogP contribution < -0.4 is 0 Å². The third kappa shape index (κ3) is 3.09. The van der Waals surface area contributed by atoms with Crippen LogP contribution in [0.5, 0.6) is 0 Å². The van der Waals surface area contributed by atoms with Crippen LogP contribution in [-0.2, 0) is 9.53 Å². The molecule has 2 bridgehead atoms. The average molecular weight is 465 g/mol. The average Bonchev–Trinajstić information content (AvgIpc) is 3.13. The molecule has 0 heterocycles. The predicted molar refractivity (Wildman–Crippen MR) is 122 cm³/mol. The summed E-state index contributed by atoms with van der Waals surface area (Å²) in [7, 11) is 0. The van der Waals surface area contributed by atoms with Crippen molar-refractivity contribution in [2.45, 2.75) is 96.2 Å². The van der Waals surface area contributed by atoms with Crippen LogP contribution in [0, 0.1) is 28.6 Å². The number of aliphatic hydroxyl groups excluding tert-OH is 3. The molecule has 5 N–H and O–H groups in total. The van der Waals surface area contributed by atoms with E-state index < -0.39 is 52.2 Å². The maximum atomic E-state index is 12.3. The molecule has 2 saturated carbocycles. The minimum Gasteiger partial charge on any atom is -0.461 e. The third-order valence-corrected chi connectivity index (χ3v) is 9.56. The second-order valence-corrected chi connectivity index (χ2v) is 11.6. The van der Waals surface area contributed by atoms with E-state index in [1.807, 2.05) is 27.7 Å². The minimum absolute atomic E-state index is 0.237. The molecule has 0 aromatic heterocycles. The molecule has 0 aromatic rings. The predicted octanol–water partition coefficient (Wildman–Crippen LogP) is 1.85. The highest BCUT2D eigenvalue weighted by atomic mass is 16.5. The highest BCUT2D eigenvalue weighted by Gasteiger charge is 2.80. The molecular weight excluding hydrogens is 424 g/mol. The fraction of sp³-hybridized carbons (Fsp3) is 0.808. The molecule has 0 aliphatic heterocycles. The van der Waals surface area contributed by atoms with Gasteiger partial charge in [0.2, 0.25) is 0 Å². The summed E-state index contributed by atoms with van der Waals surface area (Å²) < 4.78 is 5.45. The molecule has 1 spiro atoms. The standard InChI is InChI=1S/C26H40O7/c1-6-7-8-9-18(27)33-13-16-10-17-19-23(4,5)25(19,31)12-15(3)24(22(17)30)11-14(2)20(28)26(24,32)21(16)29/h10-11,15,17,19-22,28-32H,6-9,12-13H2,1-5H3/t15-,17+,19-,20+,21-,22?,24+,25+,26-/m1/s1. The molecule has 186 valence electrons. The van der Waals surface area contributed by atoms with E-state index in [4.69, 9.17) is 4.74 Å². The van der Waals surface area contributed by atoms with Gasteiger partial charge in [0.1, 0.15) is 24.4 Å². The van der Waals surface area contributed by atoms with E-state index in [2.05, 4.69) is 0 Å². The number of hydrogen-bond acceptors (Lipinski definition) is 7. The monoisotopic (exact) mass is 464 g/mol. The Morgan fingerprint density at radius 1 is 1.15 bits per heavy atom. The van der Waals surface area contributed by atoms with Gasteiger partial charge in [-0.3, -0.25) is 4.79 Å². The van der Waals surface area contributed by atoms with Crippen LogP contribution in [0.25, 0.3) is 0 Å². The number of carbonyl (C=O) groups is 1. The van der Waals surface area contributed by atoms with Gasteiger partial charge in [-0.2, -0.15) is 0 Å². The van der Waals surface area contributed by atoms with Gasteiger partial charge in [-0.1, -0.05) is 52.7 Å². The van der Waals surface area contributed by atoms with Crippen LogP contribution in [0.2, 0.25) is 0 Å².